The third kappa shape index (κ3) is 2.50. The SMILES string of the molecule is c1ccc(-n2c3ccccc3c3c4c(ccc32)B2c3ccccc3Sc3cccc(c32)S4)cc1. The lowest BCUT2D eigenvalue weighted by molar-refractivity contribution is 1.18. The van der Waals surface area contributed by atoms with Crippen molar-refractivity contribution >= 4 is 68.4 Å². The van der Waals surface area contributed by atoms with E-state index >= 15 is 0 Å². The van der Waals surface area contributed by atoms with Gasteiger partial charge in [0.2, 0.25) is 6.71 Å². The summed E-state index contributed by atoms with van der Waals surface area (Å²) in [6.45, 7) is 0.281. The van der Waals surface area contributed by atoms with Crippen LogP contribution >= 0.6 is 23.5 Å². The van der Waals surface area contributed by atoms with Gasteiger partial charge in [-0.3, -0.25) is 0 Å². The van der Waals surface area contributed by atoms with E-state index in [1.807, 2.05) is 23.5 Å². The van der Waals surface area contributed by atoms with Crippen LogP contribution in [0.25, 0.3) is 27.5 Å². The highest BCUT2D eigenvalue weighted by Gasteiger charge is 2.38. The maximum Gasteiger partial charge on any atom is 0.247 e. The molecule has 2 aliphatic heterocycles. The van der Waals surface area contributed by atoms with Gasteiger partial charge in [-0.05, 0) is 47.9 Å². The molecule has 0 unspecified atom stereocenters. The van der Waals surface area contributed by atoms with Gasteiger partial charge in [0, 0.05) is 36.0 Å². The first-order chi connectivity index (χ1) is 16.9. The Morgan fingerprint density at radius 3 is 2.18 bits per heavy atom. The minimum atomic E-state index is 0.281. The zero-order chi connectivity index (χ0) is 22.2. The number of para-hydroxylation sites is 2. The van der Waals surface area contributed by atoms with Gasteiger partial charge in [-0.2, -0.15) is 0 Å². The molecule has 2 aliphatic rings. The minimum Gasteiger partial charge on any atom is -0.309 e. The molecule has 0 atom stereocenters. The van der Waals surface area contributed by atoms with Crippen molar-refractivity contribution in [3.05, 3.63) is 109 Å². The number of rotatable bonds is 1. The third-order valence-electron chi connectivity index (χ3n) is 7.12. The van der Waals surface area contributed by atoms with Gasteiger partial charge in [0.15, 0.2) is 0 Å². The molecule has 0 bridgehead atoms. The number of hydrogen-bond acceptors (Lipinski definition) is 2. The van der Waals surface area contributed by atoms with Gasteiger partial charge in [0.05, 0.1) is 11.0 Å². The fourth-order valence-corrected chi connectivity index (χ4v) is 8.30. The smallest absolute Gasteiger partial charge is 0.247 e. The Labute approximate surface area is 206 Å². The molecule has 6 aromatic rings. The lowest BCUT2D eigenvalue weighted by atomic mass is 9.36. The summed E-state index contributed by atoms with van der Waals surface area (Å²) in [6.07, 6.45) is 0. The molecule has 0 fully saturated rings. The van der Waals surface area contributed by atoms with Crippen molar-refractivity contribution in [2.45, 2.75) is 19.6 Å². The van der Waals surface area contributed by atoms with Crippen LogP contribution in [0.2, 0.25) is 0 Å². The predicted molar refractivity (Wildman–Crippen MR) is 147 cm³/mol. The van der Waals surface area contributed by atoms with E-state index in [2.05, 4.69) is 114 Å². The van der Waals surface area contributed by atoms with Crippen molar-refractivity contribution in [1.82, 2.24) is 4.57 Å². The molecule has 158 valence electrons. The second-order valence-corrected chi connectivity index (χ2v) is 11.0. The highest BCUT2D eigenvalue weighted by molar-refractivity contribution is 8.01. The van der Waals surface area contributed by atoms with Crippen molar-refractivity contribution in [3.63, 3.8) is 0 Å². The van der Waals surface area contributed by atoms with Crippen molar-refractivity contribution in [2.75, 3.05) is 0 Å². The fraction of sp³-hybridized carbons (Fsp3) is 0. The summed E-state index contributed by atoms with van der Waals surface area (Å²) < 4.78 is 2.42. The van der Waals surface area contributed by atoms with Gasteiger partial charge in [0.1, 0.15) is 0 Å². The lowest BCUT2D eigenvalue weighted by Gasteiger charge is -2.33. The Bertz CT molecular complexity index is 1770. The molecule has 3 heterocycles. The van der Waals surface area contributed by atoms with Crippen molar-refractivity contribution in [1.29, 1.82) is 0 Å². The summed E-state index contributed by atoms with van der Waals surface area (Å²) in [4.78, 5) is 5.56. The quantitative estimate of drug-likeness (QED) is 0.264. The van der Waals surface area contributed by atoms with Crippen LogP contribution in [0.3, 0.4) is 0 Å². The van der Waals surface area contributed by atoms with E-state index in [1.54, 1.807) is 0 Å². The number of hydrogen-bond donors (Lipinski definition) is 0. The fourth-order valence-electron chi connectivity index (χ4n) is 5.74. The Morgan fingerprint density at radius 1 is 0.529 bits per heavy atom. The highest BCUT2D eigenvalue weighted by atomic mass is 32.2. The molecule has 0 saturated heterocycles. The molecule has 0 N–H and O–H groups in total. The first-order valence-corrected chi connectivity index (χ1v) is 13.2. The molecule has 0 radical (unpaired) electrons. The molecule has 4 heteroatoms. The predicted octanol–water partition coefficient (Wildman–Crippen LogP) is 6.23. The Balaban J connectivity index is 1.50. The van der Waals surface area contributed by atoms with Crippen molar-refractivity contribution in [2.24, 2.45) is 0 Å². The van der Waals surface area contributed by atoms with Gasteiger partial charge in [-0.15, -0.1) is 0 Å². The molecular weight excluding hydrogens is 449 g/mol. The second kappa shape index (κ2) is 7.08. The van der Waals surface area contributed by atoms with E-state index in [4.69, 9.17) is 0 Å². The highest BCUT2D eigenvalue weighted by Crippen LogP contribution is 2.43. The lowest BCUT2D eigenvalue weighted by Crippen LogP contribution is -2.57. The normalized spacial score (nSPS) is 13.6. The maximum absolute atomic E-state index is 2.42. The van der Waals surface area contributed by atoms with E-state index < -0.39 is 0 Å². The van der Waals surface area contributed by atoms with Gasteiger partial charge in [-0.25, -0.2) is 0 Å². The van der Waals surface area contributed by atoms with E-state index in [-0.39, 0.29) is 6.71 Å². The molecule has 0 saturated carbocycles. The topological polar surface area (TPSA) is 4.93 Å². The molecule has 34 heavy (non-hydrogen) atoms. The zero-order valence-electron chi connectivity index (χ0n) is 18.2. The number of benzene rings is 5. The Morgan fingerprint density at radius 2 is 1.26 bits per heavy atom. The van der Waals surface area contributed by atoms with E-state index in [9.17, 15) is 0 Å². The number of fused-ring (bicyclic) bond motifs is 8. The van der Waals surface area contributed by atoms with E-state index in [0.717, 1.165) is 0 Å². The average molecular weight is 467 g/mol. The zero-order valence-corrected chi connectivity index (χ0v) is 19.9. The number of aromatic nitrogens is 1. The molecule has 1 aromatic heterocycles. The van der Waals surface area contributed by atoms with Gasteiger partial charge in [0.25, 0.3) is 0 Å². The van der Waals surface area contributed by atoms with E-state index in [1.165, 1.54) is 63.5 Å². The first kappa shape index (κ1) is 19.0. The summed E-state index contributed by atoms with van der Waals surface area (Å²) >= 11 is 3.86. The van der Waals surface area contributed by atoms with Crippen LogP contribution in [0, 0.1) is 0 Å². The first-order valence-electron chi connectivity index (χ1n) is 11.6. The summed E-state index contributed by atoms with van der Waals surface area (Å²) in [5.41, 5.74) is 8.08. The van der Waals surface area contributed by atoms with Crippen LogP contribution in [0.15, 0.2) is 129 Å². The molecule has 0 aliphatic carbocycles. The largest absolute Gasteiger partial charge is 0.309 e. The summed E-state index contributed by atoms with van der Waals surface area (Å²) in [6, 6.07) is 40.1. The van der Waals surface area contributed by atoms with Gasteiger partial charge >= 0.3 is 0 Å². The van der Waals surface area contributed by atoms with E-state index in [0.29, 0.717) is 0 Å². The minimum absolute atomic E-state index is 0.281. The van der Waals surface area contributed by atoms with Crippen molar-refractivity contribution < 1.29 is 0 Å². The molecule has 8 rings (SSSR count). The molecule has 0 amide bonds. The van der Waals surface area contributed by atoms with Crippen LogP contribution < -0.4 is 16.4 Å². The Kier molecular flexibility index (Phi) is 3.96. The van der Waals surface area contributed by atoms with Crippen LogP contribution in [-0.4, -0.2) is 11.3 Å². The van der Waals surface area contributed by atoms with Crippen LogP contribution in [-0.2, 0) is 0 Å². The Hall–Kier alpha value is -3.34. The second-order valence-electron chi connectivity index (χ2n) is 8.91. The van der Waals surface area contributed by atoms with Crippen LogP contribution in [0.4, 0.5) is 0 Å². The standard InChI is InChI=1S/C30H18BNS2/c1-2-9-19(10-3-1)32-23-13-6-4-11-20(23)28-24(32)18-17-22-30(28)34-27-16-8-15-26-29(27)31(22)21-12-5-7-14-25(21)33-26/h1-18H. The van der Waals surface area contributed by atoms with Crippen molar-refractivity contribution in [3.8, 4) is 5.69 Å². The third-order valence-corrected chi connectivity index (χ3v) is 9.51. The summed E-state index contributed by atoms with van der Waals surface area (Å²) in [5.74, 6) is 0. The number of nitrogens with zero attached hydrogens (tertiary/aromatic N) is 1. The summed E-state index contributed by atoms with van der Waals surface area (Å²) in [7, 11) is 0. The molecule has 1 nitrogen and oxygen atoms in total. The van der Waals surface area contributed by atoms with Gasteiger partial charge in [-0.1, -0.05) is 101 Å². The average Bonchev–Trinajstić information content (AvgIpc) is 3.24. The molecule has 0 spiro atoms. The van der Waals surface area contributed by atoms with Crippen LogP contribution in [0.1, 0.15) is 0 Å². The van der Waals surface area contributed by atoms with Crippen LogP contribution in [0.5, 0.6) is 0 Å². The van der Waals surface area contributed by atoms with Gasteiger partial charge < -0.3 is 4.57 Å². The molecule has 5 aromatic carbocycles. The molecular formula is C30H18BNS2. The monoisotopic (exact) mass is 467 g/mol. The maximum atomic E-state index is 2.42. The summed E-state index contributed by atoms with van der Waals surface area (Å²) in [5, 5.41) is 2.69.